The molecule has 0 radical (unpaired) electrons. The summed E-state index contributed by atoms with van der Waals surface area (Å²) in [5.74, 6) is 3.58. The van der Waals surface area contributed by atoms with E-state index in [9.17, 15) is 9.36 Å². The SMILES string of the molecule is Cc1ccc([PH](=O)C(OCCCl)C(=O)NN)cc1. The van der Waals surface area contributed by atoms with Crippen LogP contribution in [0.5, 0.6) is 0 Å². The number of carbonyl (C=O) groups is 1. The molecule has 100 valence electrons. The zero-order valence-electron chi connectivity index (χ0n) is 9.98. The molecule has 0 spiro atoms. The van der Waals surface area contributed by atoms with Crippen molar-refractivity contribution < 1.29 is 14.1 Å². The maximum atomic E-state index is 12.3. The summed E-state index contributed by atoms with van der Waals surface area (Å²) in [4.78, 5) is 11.5. The van der Waals surface area contributed by atoms with E-state index in [4.69, 9.17) is 22.2 Å². The smallest absolute Gasteiger partial charge is 0.270 e. The van der Waals surface area contributed by atoms with Crippen LogP contribution in [0.1, 0.15) is 5.56 Å². The molecule has 0 heterocycles. The molecule has 0 bridgehead atoms. The number of benzene rings is 1. The molecule has 1 rings (SSSR count). The Hall–Kier alpha value is -0.870. The molecular formula is C11H16ClN2O3P. The molecule has 0 aromatic heterocycles. The Labute approximate surface area is 111 Å². The second-order valence-corrected chi connectivity index (χ2v) is 5.89. The van der Waals surface area contributed by atoms with Crippen LogP contribution >= 0.6 is 19.4 Å². The number of hydrogen-bond acceptors (Lipinski definition) is 4. The molecule has 2 unspecified atom stereocenters. The van der Waals surface area contributed by atoms with Crippen molar-refractivity contribution in [2.75, 3.05) is 12.5 Å². The fourth-order valence-corrected chi connectivity index (χ4v) is 2.86. The van der Waals surface area contributed by atoms with Crippen LogP contribution in [0.25, 0.3) is 0 Å². The third-order valence-corrected chi connectivity index (χ3v) is 4.28. The van der Waals surface area contributed by atoms with Gasteiger partial charge in [-0.05, 0) is 6.92 Å². The minimum absolute atomic E-state index is 0.141. The fourth-order valence-electron chi connectivity index (χ4n) is 1.38. The van der Waals surface area contributed by atoms with Gasteiger partial charge in [0.25, 0.3) is 5.91 Å². The lowest BCUT2D eigenvalue weighted by atomic mass is 10.2. The molecule has 7 heteroatoms. The van der Waals surface area contributed by atoms with E-state index in [-0.39, 0.29) is 12.5 Å². The standard InChI is InChI=1S/C11H16ClN2O3P/c1-8-2-4-9(5-3-8)18(16)11(10(15)14-13)17-7-6-12/h2-5,11,18H,6-7,13H2,1H3,(H,14,15). The molecule has 3 N–H and O–H groups in total. The zero-order chi connectivity index (χ0) is 13.5. The summed E-state index contributed by atoms with van der Waals surface area (Å²) in [6.45, 7) is 2.07. The van der Waals surface area contributed by atoms with Gasteiger partial charge in [0.05, 0.1) is 6.61 Å². The first-order valence-electron chi connectivity index (χ1n) is 5.39. The molecule has 1 aromatic carbocycles. The molecular weight excluding hydrogens is 275 g/mol. The van der Waals surface area contributed by atoms with Crippen LogP contribution < -0.4 is 16.6 Å². The number of nitrogens with one attached hydrogen (secondary N) is 1. The number of alkyl halides is 1. The van der Waals surface area contributed by atoms with Crippen molar-refractivity contribution in [3.63, 3.8) is 0 Å². The topological polar surface area (TPSA) is 81.4 Å². The highest BCUT2D eigenvalue weighted by Crippen LogP contribution is 2.28. The Morgan fingerprint density at radius 1 is 1.50 bits per heavy atom. The van der Waals surface area contributed by atoms with Gasteiger partial charge in [-0.1, -0.05) is 29.8 Å². The second kappa shape index (κ2) is 7.54. The Bertz CT molecular complexity index is 425. The zero-order valence-corrected chi connectivity index (χ0v) is 11.7. The van der Waals surface area contributed by atoms with E-state index in [0.29, 0.717) is 5.30 Å². The van der Waals surface area contributed by atoms with E-state index in [1.807, 2.05) is 24.5 Å². The molecule has 0 aliphatic heterocycles. The van der Waals surface area contributed by atoms with Crippen LogP contribution in [-0.2, 0) is 14.1 Å². The highest BCUT2D eigenvalue weighted by atomic mass is 35.5. The molecule has 0 aliphatic carbocycles. The molecule has 18 heavy (non-hydrogen) atoms. The van der Waals surface area contributed by atoms with Crippen molar-refractivity contribution in [1.29, 1.82) is 0 Å². The number of nitrogens with two attached hydrogens (primary N) is 1. The van der Waals surface area contributed by atoms with Gasteiger partial charge in [-0.3, -0.25) is 10.2 Å². The lowest BCUT2D eigenvalue weighted by Crippen LogP contribution is -2.40. The number of aryl methyl sites for hydroxylation is 1. The van der Waals surface area contributed by atoms with E-state index in [2.05, 4.69) is 0 Å². The largest absolute Gasteiger partial charge is 0.359 e. The van der Waals surface area contributed by atoms with Gasteiger partial charge in [0.2, 0.25) is 0 Å². The van der Waals surface area contributed by atoms with Crippen LogP contribution in [0.3, 0.4) is 0 Å². The monoisotopic (exact) mass is 290 g/mol. The normalized spacial score (nSPS) is 13.9. The number of hydrazine groups is 1. The number of hydrogen-bond donors (Lipinski definition) is 2. The maximum absolute atomic E-state index is 12.3. The summed E-state index contributed by atoms with van der Waals surface area (Å²) in [7, 11) is -2.43. The van der Waals surface area contributed by atoms with Crippen LogP contribution in [0.15, 0.2) is 24.3 Å². The minimum Gasteiger partial charge on any atom is -0.359 e. The first kappa shape index (κ1) is 15.2. The van der Waals surface area contributed by atoms with Crippen LogP contribution in [0, 0.1) is 6.92 Å². The Morgan fingerprint density at radius 2 is 2.11 bits per heavy atom. The van der Waals surface area contributed by atoms with Gasteiger partial charge in [0.1, 0.15) is 7.80 Å². The van der Waals surface area contributed by atoms with E-state index in [1.54, 1.807) is 12.1 Å². The summed E-state index contributed by atoms with van der Waals surface area (Å²) in [6, 6.07) is 7.10. The van der Waals surface area contributed by atoms with E-state index in [0.717, 1.165) is 5.56 Å². The molecule has 0 aliphatic rings. The van der Waals surface area contributed by atoms with E-state index < -0.39 is 19.6 Å². The summed E-state index contributed by atoms with van der Waals surface area (Å²) < 4.78 is 17.5. The Kier molecular flexibility index (Phi) is 6.36. The molecule has 0 fully saturated rings. The predicted octanol–water partition coefficient (Wildman–Crippen LogP) is 0.751. The number of amides is 1. The lowest BCUT2D eigenvalue weighted by molar-refractivity contribution is -0.127. The highest BCUT2D eigenvalue weighted by molar-refractivity contribution is 7.55. The molecule has 0 saturated heterocycles. The highest BCUT2D eigenvalue weighted by Gasteiger charge is 2.26. The summed E-state index contributed by atoms with van der Waals surface area (Å²) in [6.07, 6.45) is 0. The molecule has 0 saturated carbocycles. The third-order valence-electron chi connectivity index (χ3n) is 2.32. The van der Waals surface area contributed by atoms with Crippen LogP contribution in [-0.4, -0.2) is 24.2 Å². The van der Waals surface area contributed by atoms with E-state index >= 15 is 0 Å². The first-order valence-corrected chi connectivity index (χ1v) is 7.41. The van der Waals surface area contributed by atoms with Gasteiger partial charge < -0.3 is 9.30 Å². The first-order chi connectivity index (χ1) is 8.60. The lowest BCUT2D eigenvalue weighted by Gasteiger charge is -2.15. The van der Waals surface area contributed by atoms with Crippen molar-refractivity contribution in [2.45, 2.75) is 12.8 Å². The van der Waals surface area contributed by atoms with Crippen molar-refractivity contribution in [3.8, 4) is 0 Å². The average molecular weight is 291 g/mol. The molecule has 1 aromatic rings. The number of halogens is 1. The van der Waals surface area contributed by atoms with Gasteiger partial charge in [0.15, 0.2) is 5.85 Å². The quantitative estimate of drug-likeness (QED) is 0.266. The molecule has 1 amide bonds. The van der Waals surface area contributed by atoms with Crippen molar-refractivity contribution in [3.05, 3.63) is 29.8 Å². The van der Waals surface area contributed by atoms with Crippen molar-refractivity contribution >= 4 is 30.6 Å². The van der Waals surface area contributed by atoms with Gasteiger partial charge in [-0.15, -0.1) is 11.6 Å². The molecule has 5 nitrogen and oxygen atoms in total. The van der Waals surface area contributed by atoms with Crippen LogP contribution in [0.2, 0.25) is 0 Å². The van der Waals surface area contributed by atoms with E-state index in [1.165, 1.54) is 0 Å². The van der Waals surface area contributed by atoms with Gasteiger partial charge in [-0.2, -0.15) is 0 Å². The predicted molar refractivity (Wildman–Crippen MR) is 72.6 cm³/mol. The Morgan fingerprint density at radius 3 is 2.61 bits per heavy atom. The summed E-state index contributed by atoms with van der Waals surface area (Å²) >= 11 is 5.49. The Balaban J connectivity index is 2.87. The number of ether oxygens (including phenoxy) is 1. The maximum Gasteiger partial charge on any atom is 0.270 e. The number of rotatable bonds is 6. The number of carbonyl (C=O) groups excluding carboxylic acids is 1. The average Bonchev–Trinajstić information content (AvgIpc) is 2.39. The second-order valence-electron chi connectivity index (χ2n) is 3.68. The van der Waals surface area contributed by atoms with Crippen molar-refractivity contribution in [1.82, 2.24) is 5.43 Å². The van der Waals surface area contributed by atoms with Gasteiger partial charge in [0, 0.05) is 11.2 Å². The van der Waals surface area contributed by atoms with Gasteiger partial charge in [-0.25, -0.2) is 5.84 Å². The molecule has 2 atom stereocenters. The van der Waals surface area contributed by atoms with Crippen LogP contribution in [0.4, 0.5) is 0 Å². The summed E-state index contributed by atoms with van der Waals surface area (Å²) in [5, 5.41) is 0.578. The third kappa shape index (κ3) is 4.10. The van der Waals surface area contributed by atoms with Gasteiger partial charge >= 0.3 is 0 Å². The minimum atomic E-state index is -2.43. The van der Waals surface area contributed by atoms with Crippen molar-refractivity contribution in [2.24, 2.45) is 5.84 Å². The fraction of sp³-hybridized carbons (Fsp3) is 0.364. The summed E-state index contributed by atoms with van der Waals surface area (Å²) in [5.41, 5.74) is 3.01.